The number of aryl methyl sites for hydroxylation is 1. The van der Waals surface area contributed by atoms with Crippen LogP contribution in [0, 0.1) is 0 Å². The number of fused-ring (bicyclic) bond motifs is 1. The Labute approximate surface area is 112 Å². The monoisotopic (exact) mass is 253 g/mol. The van der Waals surface area contributed by atoms with Gasteiger partial charge < -0.3 is 4.90 Å². The highest BCUT2D eigenvalue weighted by molar-refractivity contribution is 6.05. The van der Waals surface area contributed by atoms with Crippen LogP contribution in [0.2, 0.25) is 0 Å². The molecule has 1 aromatic carbocycles. The van der Waals surface area contributed by atoms with E-state index in [1.165, 1.54) is 11.8 Å². The van der Waals surface area contributed by atoms with E-state index in [1.54, 1.807) is 12.4 Å². The van der Waals surface area contributed by atoms with E-state index >= 15 is 0 Å². The molecule has 0 saturated heterocycles. The molecule has 0 fully saturated rings. The molecule has 3 rings (SSSR count). The summed E-state index contributed by atoms with van der Waals surface area (Å²) in [5, 5.41) is 0. The Balaban J connectivity index is 1.99. The number of hydrogen-bond donors (Lipinski definition) is 0. The van der Waals surface area contributed by atoms with Crippen molar-refractivity contribution in [3.8, 4) is 0 Å². The fourth-order valence-corrected chi connectivity index (χ4v) is 2.45. The molecule has 1 aromatic heterocycles. The van der Waals surface area contributed by atoms with Gasteiger partial charge in [-0.15, -0.1) is 0 Å². The third kappa shape index (κ3) is 2.34. The van der Waals surface area contributed by atoms with Gasteiger partial charge in [-0.25, -0.2) is 4.98 Å². The molecule has 1 aliphatic heterocycles. The number of rotatable bonds is 1. The topological polar surface area (TPSA) is 46.1 Å². The molecule has 0 unspecified atom stereocenters. The van der Waals surface area contributed by atoms with Gasteiger partial charge in [-0.3, -0.25) is 9.78 Å². The van der Waals surface area contributed by atoms with Crippen LogP contribution in [-0.4, -0.2) is 22.4 Å². The van der Waals surface area contributed by atoms with E-state index in [-0.39, 0.29) is 5.91 Å². The minimum atomic E-state index is -0.0672. The van der Waals surface area contributed by atoms with Crippen molar-refractivity contribution in [2.75, 3.05) is 11.4 Å². The molecule has 4 heteroatoms. The van der Waals surface area contributed by atoms with Crippen LogP contribution in [0.4, 0.5) is 5.69 Å². The number of benzene rings is 1. The predicted octanol–water partition coefficient (Wildman–Crippen LogP) is 2.46. The van der Waals surface area contributed by atoms with Crippen molar-refractivity contribution in [1.29, 1.82) is 0 Å². The third-order valence-electron chi connectivity index (χ3n) is 3.39. The van der Waals surface area contributed by atoms with Crippen LogP contribution in [0.3, 0.4) is 0 Å². The fraction of sp³-hybridized carbons (Fsp3) is 0.267. The lowest BCUT2D eigenvalue weighted by Crippen LogP contribution is -2.32. The van der Waals surface area contributed by atoms with E-state index in [4.69, 9.17) is 0 Å². The van der Waals surface area contributed by atoms with E-state index < -0.39 is 0 Å². The number of amides is 1. The Morgan fingerprint density at radius 1 is 1.16 bits per heavy atom. The van der Waals surface area contributed by atoms with Gasteiger partial charge in [0.2, 0.25) is 0 Å². The number of nitrogens with zero attached hydrogens (tertiary/aromatic N) is 3. The van der Waals surface area contributed by atoms with Gasteiger partial charge in [-0.1, -0.05) is 18.2 Å². The molecule has 0 spiro atoms. The Morgan fingerprint density at radius 3 is 2.89 bits per heavy atom. The van der Waals surface area contributed by atoms with Crippen LogP contribution in [0.5, 0.6) is 0 Å². The van der Waals surface area contributed by atoms with Crippen LogP contribution >= 0.6 is 0 Å². The molecule has 2 heterocycles. The molecular weight excluding hydrogens is 238 g/mol. The first-order chi connectivity index (χ1) is 9.36. The van der Waals surface area contributed by atoms with Gasteiger partial charge in [0.25, 0.3) is 5.91 Å². The van der Waals surface area contributed by atoms with Crippen LogP contribution in [0.25, 0.3) is 0 Å². The molecule has 4 nitrogen and oxygen atoms in total. The van der Waals surface area contributed by atoms with Gasteiger partial charge in [0.15, 0.2) is 0 Å². The molecule has 1 amide bonds. The van der Waals surface area contributed by atoms with E-state index in [2.05, 4.69) is 16.0 Å². The average molecular weight is 253 g/mol. The maximum Gasteiger partial charge on any atom is 0.278 e. The first-order valence-electron chi connectivity index (χ1n) is 6.52. The van der Waals surface area contributed by atoms with Gasteiger partial charge in [0.1, 0.15) is 5.69 Å². The quantitative estimate of drug-likeness (QED) is 0.784. The first kappa shape index (κ1) is 11.8. The molecule has 0 saturated carbocycles. The first-order valence-corrected chi connectivity index (χ1v) is 6.52. The summed E-state index contributed by atoms with van der Waals surface area (Å²) in [4.78, 5) is 22.4. The van der Waals surface area contributed by atoms with Gasteiger partial charge in [-0.05, 0) is 30.9 Å². The van der Waals surface area contributed by atoms with Gasteiger partial charge >= 0.3 is 0 Å². The second kappa shape index (κ2) is 5.18. The number of aromatic nitrogens is 2. The van der Waals surface area contributed by atoms with Crippen molar-refractivity contribution in [3.63, 3.8) is 0 Å². The minimum Gasteiger partial charge on any atom is -0.307 e. The highest BCUT2D eigenvalue weighted by Crippen LogP contribution is 2.26. The smallest absolute Gasteiger partial charge is 0.278 e. The molecule has 0 radical (unpaired) electrons. The zero-order valence-electron chi connectivity index (χ0n) is 10.6. The Bertz CT molecular complexity index is 583. The van der Waals surface area contributed by atoms with Crippen molar-refractivity contribution >= 4 is 11.6 Å². The maximum absolute atomic E-state index is 12.5. The molecule has 2 aromatic rings. The summed E-state index contributed by atoms with van der Waals surface area (Å²) >= 11 is 0. The summed E-state index contributed by atoms with van der Waals surface area (Å²) in [6.45, 7) is 0.742. The van der Waals surface area contributed by atoms with Crippen molar-refractivity contribution in [3.05, 3.63) is 54.1 Å². The lowest BCUT2D eigenvalue weighted by atomic mass is 10.1. The van der Waals surface area contributed by atoms with E-state index in [9.17, 15) is 4.79 Å². The van der Waals surface area contributed by atoms with Crippen LogP contribution in [-0.2, 0) is 6.42 Å². The zero-order chi connectivity index (χ0) is 13.1. The highest BCUT2D eigenvalue weighted by Gasteiger charge is 2.22. The van der Waals surface area contributed by atoms with E-state index in [1.807, 2.05) is 23.1 Å². The summed E-state index contributed by atoms with van der Waals surface area (Å²) in [5.41, 5.74) is 2.65. The van der Waals surface area contributed by atoms with Gasteiger partial charge in [0.05, 0.1) is 6.20 Å². The Morgan fingerprint density at radius 2 is 2.05 bits per heavy atom. The van der Waals surface area contributed by atoms with Crippen LogP contribution < -0.4 is 4.90 Å². The molecule has 19 heavy (non-hydrogen) atoms. The third-order valence-corrected chi connectivity index (χ3v) is 3.39. The standard InChI is InChI=1S/C15H15N3O/c19-15(13-11-16-8-9-17-13)18-10-4-3-6-12-5-1-2-7-14(12)18/h1-2,5,7-9,11H,3-4,6,10H2. The number of hydrogen-bond acceptors (Lipinski definition) is 3. The van der Waals surface area contributed by atoms with Crippen LogP contribution in [0.15, 0.2) is 42.9 Å². The Hall–Kier alpha value is -2.23. The van der Waals surface area contributed by atoms with E-state index in [0.29, 0.717) is 5.69 Å². The van der Waals surface area contributed by atoms with Gasteiger partial charge in [0, 0.05) is 24.6 Å². The lowest BCUT2D eigenvalue weighted by molar-refractivity contribution is 0.0982. The largest absolute Gasteiger partial charge is 0.307 e. The zero-order valence-corrected chi connectivity index (χ0v) is 10.6. The lowest BCUT2D eigenvalue weighted by Gasteiger charge is -2.22. The SMILES string of the molecule is O=C(c1cnccn1)N1CCCCc2ccccc21. The molecule has 1 aliphatic rings. The number of anilines is 1. The second-order valence-corrected chi connectivity index (χ2v) is 4.63. The summed E-state index contributed by atoms with van der Waals surface area (Å²) in [6.07, 6.45) is 7.81. The maximum atomic E-state index is 12.5. The molecule has 96 valence electrons. The highest BCUT2D eigenvalue weighted by atomic mass is 16.2. The summed E-state index contributed by atoms with van der Waals surface area (Å²) < 4.78 is 0. The summed E-state index contributed by atoms with van der Waals surface area (Å²) in [5.74, 6) is -0.0672. The average Bonchev–Trinajstić information content (AvgIpc) is 2.70. The summed E-state index contributed by atoms with van der Waals surface area (Å²) in [6, 6.07) is 8.10. The normalized spacial score (nSPS) is 14.6. The fourth-order valence-electron chi connectivity index (χ4n) is 2.45. The summed E-state index contributed by atoms with van der Waals surface area (Å²) in [7, 11) is 0. The Kier molecular flexibility index (Phi) is 3.23. The number of para-hydroxylation sites is 1. The van der Waals surface area contributed by atoms with Gasteiger partial charge in [-0.2, -0.15) is 0 Å². The van der Waals surface area contributed by atoms with Crippen molar-refractivity contribution in [1.82, 2.24) is 9.97 Å². The molecule has 0 aliphatic carbocycles. The predicted molar refractivity (Wildman–Crippen MR) is 73.1 cm³/mol. The second-order valence-electron chi connectivity index (χ2n) is 4.63. The molecule has 0 bridgehead atoms. The molecule has 0 N–H and O–H groups in total. The van der Waals surface area contributed by atoms with Crippen molar-refractivity contribution in [2.45, 2.75) is 19.3 Å². The van der Waals surface area contributed by atoms with Crippen molar-refractivity contribution in [2.24, 2.45) is 0 Å². The number of carbonyl (C=O) groups excluding carboxylic acids is 1. The number of carbonyl (C=O) groups is 1. The molecular formula is C15H15N3O. The minimum absolute atomic E-state index is 0.0672. The van der Waals surface area contributed by atoms with Crippen LogP contribution in [0.1, 0.15) is 28.9 Å². The molecule has 0 atom stereocenters. The van der Waals surface area contributed by atoms with Crippen molar-refractivity contribution < 1.29 is 4.79 Å². The van der Waals surface area contributed by atoms with E-state index in [0.717, 1.165) is 31.5 Å².